The van der Waals surface area contributed by atoms with Gasteiger partial charge in [-0.1, -0.05) is 62.1 Å². The molecule has 1 amide bonds. The van der Waals surface area contributed by atoms with Gasteiger partial charge in [0.15, 0.2) is 5.60 Å². The number of benzene rings is 1. The topological polar surface area (TPSA) is 84.9 Å². The molecular weight excluding hydrogens is 442 g/mol. The lowest BCUT2D eigenvalue weighted by Gasteiger charge is -2.42. The number of hydrogen-bond donors (Lipinski definition) is 2. The molecular formula is C29H43NO5. The van der Waals surface area contributed by atoms with Crippen LogP contribution in [0.4, 0.5) is 4.79 Å². The van der Waals surface area contributed by atoms with Gasteiger partial charge in [-0.3, -0.25) is 0 Å². The van der Waals surface area contributed by atoms with Gasteiger partial charge >= 0.3 is 12.1 Å². The maximum absolute atomic E-state index is 13.7. The van der Waals surface area contributed by atoms with Crippen molar-refractivity contribution >= 4 is 12.1 Å². The molecule has 0 spiro atoms. The van der Waals surface area contributed by atoms with Gasteiger partial charge in [0.05, 0.1) is 6.04 Å². The van der Waals surface area contributed by atoms with Gasteiger partial charge in [-0.2, -0.15) is 0 Å². The molecule has 2 aliphatic carbocycles. The predicted octanol–water partition coefficient (Wildman–Crippen LogP) is 6.04. The Morgan fingerprint density at radius 1 is 1.06 bits per heavy atom. The van der Waals surface area contributed by atoms with Crippen molar-refractivity contribution in [3.63, 3.8) is 0 Å². The molecule has 0 aromatic heterocycles. The summed E-state index contributed by atoms with van der Waals surface area (Å²) in [5, 5.41) is 14.8. The SMILES string of the molecule is C=CC[C@](O)(C(=O)O[C@@H]1CCCC[C@H]1c1ccccc1)[C@H](NC(=O)OC(C)(C)C)C1CCCCC1. The highest BCUT2D eigenvalue weighted by Crippen LogP contribution is 2.38. The first-order chi connectivity index (χ1) is 16.6. The number of alkyl carbamates (subject to hydrolysis) is 1. The summed E-state index contributed by atoms with van der Waals surface area (Å²) in [6.07, 6.45) is 9.06. The number of aliphatic hydroxyl groups is 1. The lowest BCUT2D eigenvalue weighted by atomic mass is 9.75. The van der Waals surface area contributed by atoms with E-state index in [2.05, 4.69) is 24.0 Å². The minimum Gasteiger partial charge on any atom is -0.460 e. The molecule has 0 saturated heterocycles. The Kier molecular flexibility index (Phi) is 9.40. The maximum atomic E-state index is 13.7. The first-order valence-corrected chi connectivity index (χ1v) is 13.2. The largest absolute Gasteiger partial charge is 0.460 e. The van der Waals surface area contributed by atoms with Crippen LogP contribution in [0.5, 0.6) is 0 Å². The van der Waals surface area contributed by atoms with Crippen LogP contribution in [-0.2, 0) is 14.3 Å². The van der Waals surface area contributed by atoms with Crippen molar-refractivity contribution in [3.8, 4) is 0 Å². The molecule has 35 heavy (non-hydrogen) atoms. The van der Waals surface area contributed by atoms with Crippen LogP contribution in [0.1, 0.15) is 96.5 Å². The van der Waals surface area contributed by atoms with E-state index in [1.165, 1.54) is 6.08 Å². The van der Waals surface area contributed by atoms with E-state index in [-0.39, 0.29) is 24.4 Å². The second kappa shape index (κ2) is 12.1. The van der Waals surface area contributed by atoms with Gasteiger partial charge in [0.25, 0.3) is 0 Å². The molecule has 1 aromatic carbocycles. The molecule has 2 N–H and O–H groups in total. The lowest BCUT2D eigenvalue weighted by molar-refractivity contribution is -0.179. The Bertz CT molecular complexity index is 842. The van der Waals surface area contributed by atoms with Crippen molar-refractivity contribution in [2.45, 2.75) is 114 Å². The van der Waals surface area contributed by atoms with Crippen molar-refractivity contribution in [2.75, 3.05) is 0 Å². The zero-order chi connectivity index (χ0) is 25.5. The molecule has 6 heteroatoms. The summed E-state index contributed by atoms with van der Waals surface area (Å²) < 4.78 is 11.6. The molecule has 1 aromatic rings. The van der Waals surface area contributed by atoms with E-state index in [0.29, 0.717) is 0 Å². The quantitative estimate of drug-likeness (QED) is 0.346. The molecule has 0 bridgehead atoms. The van der Waals surface area contributed by atoms with Gasteiger partial charge in [0, 0.05) is 12.3 Å². The number of carbonyl (C=O) groups is 2. The summed E-state index contributed by atoms with van der Waals surface area (Å²) in [5.41, 5.74) is -1.46. The first-order valence-electron chi connectivity index (χ1n) is 13.2. The summed E-state index contributed by atoms with van der Waals surface area (Å²) in [7, 11) is 0. The van der Waals surface area contributed by atoms with Gasteiger partial charge in [-0.15, -0.1) is 6.58 Å². The molecule has 2 aliphatic rings. The Balaban J connectivity index is 1.86. The standard InChI is InChI=1S/C29H43NO5/c1-5-20-29(33,25(22-16-10-7-11-17-22)30-27(32)35-28(2,3)4)26(31)34-24-19-13-12-18-23(24)21-14-8-6-9-15-21/h5-6,8-9,14-15,22-25,33H,1,7,10-13,16-20H2,2-4H3,(H,30,32)/t23-,24+,25+,29+/m0/s1. The van der Waals surface area contributed by atoms with E-state index in [1.807, 2.05) is 18.2 Å². The van der Waals surface area contributed by atoms with Gasteiger partial charge in [0.1, 0.15) is 11.7 Å². The molecule has 2 fully saturated rings. The molecule has 2 saturated carbocycles. The fraction of sp³-hybridized carbons (Fsp3) is 0.655. The molecule has 4 atom stereocenters. The molecule has 0 radical (unpaired) electrons. The Morgan fingerprint density at radius 3 is 2.31 bits per heavy atom. The van der Waals surface area contributed by atoms with E-state index in [9.17, 15) is 14.7 Å². The Labute approximate surface area is 210 Å². The van der Waals surface area contributed by atoms with Crippen LogP contribution < -0.4 is 5.32 Å². The van der Waals surface area contributed by atoms with Gasteiger partial charge in [-0.05, 0) is 64.4 Å². The molecule has 3 rings (SSSR count). The first kappa shape index (κ1) is 27.3. The van der Waals surface area contributed by atoms with Crippen LogP contribution in [0.3, 0.4) is 0 Å². The van der Waals surface area contributed by atoms with Crippen LogP contribution in [0.25, 0.3) is 0 Å². The summed E-state index contributed by atoms with van der Waals surface area (Å²) in [4.78, 5) is 26.5. The third-order valence-electron chi connectivity index (χ3n) is 7.31. The van der Waals surface area contributed by atoms with Gasteiger partial charge in [-0.25, -0.2) is 9.59 Å². The third-order valence-corrected chi connectivity index (χ3v) is 7.31. The van der Waals surface area contributed by atoms with Gasteiger partial charge in [0.2, 0.25) is 0 Å². The summed E-state index contributed by atoms with van der Waals surface area (Å²) in [6.45, 7) is 9.16. The lowest BCUT2D eigenvalue weighted by Crippen LogP contribution is -2.62. The normalized spacial score (nSPS) is 24.0. The summed E-state index contributed by atoms with van der Waals surface area (Å²) in [6, 6.07) is 9.31. The fourth-order valence-electron chi connectivity index (χ4n) is 5.65. The second-order valence-corrected chi connectivity index (χ2v) is 11.2. The predicted molar refractivity (Wildman–Crippen MR) is 137 cm³/mol. The van der Waals surface area contributed by atoms with Crippen molar-refractivity contribution < 1.29 is 24.2 Å². The Morgan fingerprint density at radius 2 is 1.69 bits per heavy atom. The zero-order valence-electron chi connectivity index (χ0n) is 21.6. The molecule has 6 nitrogen and oxygen atoms in total. The summed E-state index contributed by atoms with van der Waals surface area (Å²) in [5.74, 6) is -0.643. The number of ether oxygens (including phenoxy) is 2. The van der Waals surface area contributed by atoms with Crippen molar-refractivity contribution in [1.82, 2.24) is 5.32 Å². The average Bonchev–Trinajstić information content (AvgIpc) is 2.83. The van der Waals surface area contributed by atoms with E-state index in [1.54, 1.807) is 20.8 Å². The highest BCUT2D eigenvalue weighted by molar-refractivity contribution is 5.82. The van der Waals surface area contributed by atoms with Crippen molar-refractivity contribution in [2.24, 2.45) is 5.92 Å². The number of esters is 1. The molecule has 0 unspecified atom stereocenters. The van der Waals surface area contributed by atoms with E-state index < -0.39 is 29.3 Å². The number of carbonyl (C=O) groups excluding carboxylic acids is 2. The van der Waals surface area contributed by atoms with E-state index >= 15 is 0 Å². The van der Waals surface area contributed by atoms with Gasteiger partial charge < -0.3 is 19.9 Å². The smallest absolute Gasteiger partial charge is 0.407 e. The fourth-order valence-corrected chi connectivity index (χ4v) is 5.65. The molecule has 0 aliphatic heterocycles. The van der Waals surface area contributed by atoms with Crippen LogP contribution in [-0.4, -0.2) is 40.5 Å². The van der Waals surface area contributed by atoms with Crippen molar-refractivity contribution in [3.05, 3.63) is 48.6 Å². The highest BCUT2D eigenvalue weighted by atomic mass is 16.6. The second-order valence-electron chi connectivity index (χ2n) is 11.2. The van der Waals surface area contributed by atoms with Crippen LogP contribution in [0, 0.1) is 5.92 Å². The monoisotopic (exact) mass is 485 g/mol. The molecule has 194 valence electrons. The molecule has 0 heterocycles. The maximum Gasteiger partial charge on any atom is 0.407 e. The zero-order valence-corrected chi connectivity index (χ0v) is 21.6. The number of amides is 1. The highest BCUT2D eigenvalue weighted by Gasteiger charge is 2.50. The number of rotatable bonds is 8. The minimum absolute atomic E-state index is 0.00841. The average molecular weight is 486 g/mol. The third kappa shape index (κ3) is 7.33. The van der Waals surface area contributed by atoms with Crippen molar-refractivity contribution in [1.29, 1.82) is 0 Å². The number of hydrogen-bond acceptors (Lipinski definition) is 5. The van der Waals surface area contributed by atoms with E-state index in [4.69, 9.17) is 9.47 Å². The van der Waals surface area contributed by atoms with Crippen LogP contribution in [0.15, 0.2) is 43.0 Å². The number of nitrogens with one attached hydrogen (secondary N) is 1. The minimum atomic E-state index is -1.92. The summed E-state index contributed by atoms with van der Waals surface area (Å²) >= 11 is 0. The van der Waals surface area contributed by atoms with Crippen LogP contribution >= 0.6 is 0 Å². The van der Waals surface area contributed by atoms with Crippen LogP contribution in [0.2, 0.25) is 0 Å². The van der Waals surface area contributed by atoms with E-state index in [0.717, 1.165) is 63.4 Å². The Hall–Kier alpha value is -2.34.